The van der Waals surface area contributed by atoms with Crippen molar-refractivity contribution in [1.82, 2.24) is 0 Å². The summed E-state index contributed by atoms with van der Waals surface area (Å²) in [5.74, 6) is 1.44. The van der Waals surface area contributed by atoms with E-state index in [0.717, 1.165) is 0 Å². The fourth-order valence-corrected chi connectivity index (χ4v) is 4.14. The van der Waals surface area contributed by atoms with E-state index in [4.69, 9.17) is 23.4 Å². The van der Waals surface area contributed by atoms with Gasteiger partial charge in [-0.3, -0.25) is 4.79 Å². The molecule has 5 atom stereocenters. The Kier molecular flexibility index (Phi) is 5.92. The standard InChI is InChI=1S/C24H24O10/c1-2-11-5-13-17(7-16(11)33-24-23(29)22(28)21(27)19(8-25)34-24)30-9-14(20(13)26)12-3-4-15-18(6-12)32-10-31-15/h3-7,9,19,21-25,27-29H,2,8,10H2,1H3/t19-,21-,22-,23-,24+/m1/s1. The maximum atomic E-state index is 13.3. The van der Waals surface area contributed by atoms with Crippen LogP contribution in [0.1, 0.15) is 12.5 Å². The molecule has 2 aromatic carbocycles. The molecule has 0 unspecified atom stereocenters. The zero-order valence-corrected chi connectivity index (χ0v) is 18.2. The van der Waals surface area contributed by atoms with Gasteiger partial charge in [-0.2, -0.15) is 0 Å². The van der Waals surface area contributed by atoms with Crippen LogP contribution in [0.5, 0.6) is 17.2 Å². The van der Waals surface area contributed by atoms with Gasteiger partial charge in [-0.25, -0.2) is 0 Å². The molecule has 1 fully saturated rings. The van der Waals surface area contributed by atoms with Gasteiger partial charge in [-0.1, -0.05) is 13.0 Å². The second kappa shape index (κ2) is 8.90. The molecule has 0 spiro atoms. The van der Waals surface area contributed by atoms with Crippen LogP contribution < -0.4 is 19.6 Å². The van der Waals surface area contributed by atoms with Crippen molar-refractivity contribution in [1.29, 1.82) is 0 Å². The van der Waals surface area contributed by atoms with E-state index in [0.29, 0.717) is 40.0 Å². The predicted molar refractivity (Wildman–Crippen MR) is 118 cm³/mol. The summed E-state index contributed by atoms with van der Waals surface area (Å²) in [5, 5.41) is 40.0. The third kappa shape index (κ3) is 3.79. The monoisotopic (exact) mass is 472 g/mol. The van der Waals surface area contributed by atoms with Gasteiger partial charge in [0.05, 0.1) is 17.6 Å². The lowest BCUT2D eigenvalue weighted by Gasteiger charge is -2.39. The second-order valence-electron chi connectivity index (χ2n) is 8.17. The summed E-state index contributed by atoms with van der Waals surface area (Å²) in [6.07, 6.45) is -5.23. The van der Waals surface area contributed by atoms with Crippen molar-refractivity contribution in [2.45, 2.75) is 44.1 Å². The molecule has 1 saturated heterocycles. The van der Waals surface area contributed by atoms with Crippen LogP contribution in [-0.4, -0.2) is 64.5 Å². The topological polar surface area (TPSA) is 148 Å². The van der Waals surface area contributed by atoms with Gasteiger partial charge in [0.1, 0.15) is 42.0 Å². The van der Waals surface area contributed by atoms with E-state index in [9.17, 15) is 25.2 Å². The van der Waals surface area contributed by atoms with Gasteiger partial charge in [0.2, 0.25) is 18.5 Å². The minimum absolute atomic E-state index is 0.127. The zero-order valence-electron chi connectivity index (χ0n) is 18.2. The number of aliphatic hydroxyl groups excluding tert-OH is 4. The Labute approximate surface area is 193 Å². The molecule has 0 bridgehead atoms. The Morgan fingerprint density at radius 2 is 1.82 bits per heavy atom. The first-order valence-corrected chi connectivity index (χ1v) is 10.9. The molecule has 1 aromatic heterocycles. The van der Waals surface area contributed by atoms with Crippen molar-refractivity contribution in [3.63, 3.8) is 0 Å². The highest BCUT2D eigenvalue weighted by Gasteiger charge is 2.44. The quantitative estimate of drug-likeness (QED) is 0.423. The number of ether oxygens (including phenoxy) is 4. The molecule has 2 aliphatic heterocycles. The van der Waals surface area contributed by atoms with Crippen molar-refractivity contribution in [3.8, 4) is 28.4 Å². The van der Waals surface area contributed by atoms with E-state index in [1.807, 2.05) is 6.92 Å². The van der Waals surface area contributed by atoms with Crippen LogP contribution in [-0.2, 0) is 11.2 Å². The third-order valence-corrected chi connectivity index (χ3v) is 6.11. The Morgan fingerprint density at radius 1 is 1.03 bits per heavy atom. The first kappa shape index (κ1) is 22.6. The summed E-state index contributed by atoms with van der Waals surface area (Å²) in [7, 11) is 0. The maximum absolute atomic E-state index is 13.3. The van der Waals surface area contributed by atoms with Gasteiger partial charge in [-0.15, -0.1) is 0 Å². The number of fused-ring (bicyclic) bond motifs is 2. The molecule has 3 heterocycles. The molecule has 0 aliphatic carbocycles. The van der Waals surface area contributed by atoms with Crippen molar-refractivity contribution in [2.24, 2.45) is 0 Å². The number of aryl methyl sites for hydroxylation is 1. The van der Waals surface area contributed by atoms with Crippen LogP contribution >= 0.6 is 0 Å². The molecular weight excluding hydrogens is 448 g/mol. The summed E-state index contributed by atoms with van der Waals surface area (Å²) < 4.78 is 27.7. The molecular formula is C24H24O10. The van der Waals surface area contributed by atoms with Gasteiger partial charge in [0.15, 0.2) is 11.5 Å². The molecule has 10 nitrogen and oxygen atoms in total. The summed E-state index contributed by atoms with van der Waals surface area (Å²) in [5.41, 5.74) is 1.63. The van der Waals surface area contributed by atoms with Crippen LogP contribution in [0.25, 0.3) is 22.1 Å². The number of hydrogen-bond donors (Lipinski definition) is 4. The summed E-state index contributed by atoms with van der Waals surface area (Å²) in [6, 6.07) is 8.37. The van der Waals surface area contributed by atoms with Gasteiger partial charge in [-0.05, 0) is 35.7 Å². The largest absolute Gasteiger partial charge is 0.463 e. The average molecular weight is 472 g/mol. The van der Waals surface area contributed by atoms with E-state index in [1.54, 1.807) is 24.3 Å². The van der Waals surface area contributed by atoms with Crippen molar-refractivity contribution >= 4 is 11.0 Å². The molecule has 10 heteroatoms. The summed E-state index contributed by atoms with van der Waals surface area (Å²) >= 11 is 0. The fraction of sp³-hybridized carbons (Fsp3) is 0.375. The van der Waals surface area contributed by atoms with Crippen molar-refractivity contribution in [2.75, 3.05) is 13.4 Å². The minimum Gasteiger partial charge on any atom is -0.463 e. The number of benzene rings is 2. The van der Waals surface area contributed by atoms with Gasteiger partial charge in [0.25, 0.3) is 0 Å². The Bertz CT molecular complexity index is 1270. The average Bonchev–Trinajstić information content (AvgIpc) is 3.32. The highest BCUT2D eigenvalue weighted by molar-refractivity contribution is 5.84. The van der Waals surface area contributed by atoms with E-state index < -0.39 is 37.3 Å². The fourth-order valence-electron chi connectivity index (χ4n) is 4.14. The molecule has 0 saturated carbocycles. The Morgan fingerprint density at radius 3 is 2.59 bits per heavy atom. The lowest BCUT2D eigenvalue weighted by Crippen LogP contribution is -2.60. The summed E-state index contributed by atoms with van der Waals surface area (Å²) in [4.78, 5) is 13.3. The molecule has 180 valence electrons. The predicted octanol–water partition coefficient (Wildman–Crippen LogP) is 0.930. The van der Waals surface area contributed by atoms with Crippen LogP contribution in [0.4, 0.5) is 0 Å². The number of aliphatic hydroxyl groups is 4. The van der Waals surface area contributed by atoms with E-state index in [-0.39, 0.29) is 23.6 Å². The van der Waals surface area contributed by atoms with Crippen LogP contribution in [0.15, 0.2) is 45.8 Å². The third-order valence-electron chi connectivity index (χ3n) is 6.11. The lowest BCUT2D eigenvalue weighted by molar-refractivity contribution is -0.277. The first-order valence-electron chi connectivity index (χ1n) is 10.9. The molecule has 4 N–H and O–H groups in total. The Balaban J connectivity index is 1.50. The van der Waals surface area contributed by atoms with Crippen molar-refractivity contribution in [3.05, 3.63) is 52.4 Å². The molecule has 34 heavy (non-hydrogen) atoms. The molecule has 0 radical (unpaired) electrons. The molecule has 5 rings (SSSR count). The van der Waals surface area contributed by atoms with Gasteiger partial charge in [0, 0.05) is 6.07 Å². The maximum Gasteiger partial charge on any atom is 0.231 e. The lowest BCUT2D eigenvalue weighted by atomic mass is 9.99. The number of rotatable bonds is 5. The molecule has 0 amide bonds. The number of hydrogen-bond acceptors (Lipinski definition) is 10. The zero-order chi connectivity index (χ0) is 24.0. The molecule has 2 aliphatic rings. The highest BCUT2D eigenvalue weighted by atomic mass is 16.7. The SMILES string of the molecule is CCc1cc2c(=O)c(-c3ccc4c(c3)OCO4)coc2cc1O[C@H]1O[C@H](CO)[C@@H](O)[C@@H](O)[C@H]1O. The van der Waals surface area contributed by atoms with Gasteiger partial charge >= 0.3 is 0 Å². The van der Waals surface area contributed by atoms with Gasteiger partial charge < -0.3 is 43.8 Å². The minimum atomic E-state index is -1.57. The van der Waals surface area contributed by atoms with Crippen molar-refractivity contribution < 1.29 is 43.8 Å². The summed E-state index contributed by atoms with van der Waals surface area (Å²) in [6.45, 7) is 1.42. The highest BCUT2D eigenvalue weighted by Crippen LogP contribution is 2.36. The van der Waals surface area contributed by atoms with E-state index in [1.165, 1.54) is 12.3 Å². The second-order valence-corrected chi connectivity index (χ2v) is 8.17. The van der Waals surface area contributed by atoms with Crippen LogP contribution in [0.3, 0.4) is 0 Å². The van der Waals surface area contributed by atoms with Crippen LogP contribution in [0, 0.1) is 0 Å². The first-order chi connectivity index (χ1) is 16.4. The normalized spacial score (nSPS) is 26.1. The van der Waals surface area contributed by atoms with E-state index >= 15 is 0 Å². The van der Waals surface area contributed by atoms with Crippen LogP contribution in [0.2, 0.25) is 0 Å². The smallest absolute Gasteiger partial charge is 0.231 e. The Hall–Kier alpha value is -3.15. The molecule has 3 aromatic rings. The van der Waals surface area contributed by atoms with E-state index in [2.05, 4.69) is 0 Å².